The monoisotopic (exact) mass is 241 g/mol. The molecule has 0 fully saturated rings. The Morgan fingerprint density at radius 1 is 1.38 bits per heavy atom. The zero-order chi connectivity index (χ0) is 12.3. The highest BCUT2D eigenvalue weighted by Crippen LogP contribution is 2.35. The summed E-state index contributed by atoms with van der Waals surface area (Å²) in [6, 6.07) is 1.99. The van der Waals surface area contributed by atoms with E-state index in [4.69, 9.17) is 16.3 Å². The molecule has 0 aliphatic carbocycles. The van der Waals surface area contributed by atoms with Crippen LogP contribution in [-0.4, -0.2) is 13.7 Å². The molecule has 90 valence electrons. The van der Waals surface area contributed by atoms with Gasteiger partial charge < -0.3 is 10.1 Å². The fourth-order valence-corrected chi connectivity index (χ4v) is 1.75. The fraction of sp³-hybridized carbons (Fsp3) is 0.538. The van der Waals surface area contributed by atoms with Gasteiger partial charge in [-0.2, -0.15) is 0 Å². The van der Waals surface area contributed by atoms with Crippen molar-refractivity contribution in [2.75, 3.05) is 19.0 Å². The lowest BCUT2D eigenvalue weighted by Crippen LogP contribution is -2.07. The molecule has 0 aromatic heterocycles. The second-order valence-corrected chi connectivity index (χ2v) is 4.84. The van der Waals surface area contributed by atoms with Crippen molar-refractivity contribution in [1.82, 2.24) is 0 Å². The summed E-state index contributed by atoms with van der Waals surface area (Å²) >= 11 is 6.20. The van der Waals surface area contributed by atoms with Crippen LogP contribution >= 0.6 is 11.6 Å². The van der Waals surface area contributed by atoms with Crippen molar-refractivity contribution in [3.8, 4) is 5.75 Å². The molecule has 2 nitrogen and oxygen atoms in total. The van der Waals surface area contributed by atoms with Gasteiger partial charge in [-0.15, -0.1) is 0 Å². The van der Waals surface area contributed by atoms with Gasteiger partial charge in [-0.05, 0) is 37.0 Å². The van der Waals surface area contributed by atoms with Gasteiger partial charge in [-0.3, -0.25) is 0 Å². The molecular weight excluding hydrogens is 222 g/mol. The average molecular weight is 242 g/mol. The highest BCUT2D eigenvalue weighted by molar-refractivity contribution is 6.32. The van der Waals surface area contributed by atoms with Crippen molar-refractivity contribution in [3.05, 3.63) is 22.2 Å². The molecule has 0 heterocycles. The largest absolute Gasteiger partial charge is 0.491 e. The molecule has 3 heteroatoms. The van der Waals surface area contributed by atoms with Gasteiger partial charge in [-0.1, -0.05) is 25.4 Å². The lowest BCUT2D eigenvalue weighted by atomic mass is 10.1. The minimum absolute atomic E-state index is 0.515. The minimum Gasteiger partial charge on any atom is -0.491 e. The van der Waals surface area contributed by atoms with Gasteiger partial charge >= 0.3 is 0 Å². The van der Waals surface area contributed by atoms with E-state index in [1.165, 1.54) is 0 Å². The molecule has 1 N–H and O–H groups in total. The molecule has 0 unspecified atom stereocenters. The normalized spacial score (nSPS) is 10.7. The predicted molar refractivity (Wildman–Crippen MR) is 70.8 cm³/mol. The quantitative estimate of drug-likeness (QED) is 0.859. The number of benzene rings is 1. The molecule has 0 spiro atoms. The third-order valence-corrected chi connectivity index (χ3v) is 3.05. The summed E-state index contributed by atoms with van der Waals surface area (Å²) in [5.41, 5.74) is 3.08. The van der Waals surface area contributed by atoms with Crippen LogP contribution in [0.15, 0.2) is 6.07 Å². The Hall–Kier alpha value is -0.890. The lowest BCUT2D eigenvalue weighted by molar-refractivity contribution is 0.272. The number of hydrogen-bond acceptors (Lipinski definition) is 2. The van der Waals surface area contributed by atoms with E-state index >= 15 is 0 Å². The number of ether oxygens (including phenoxy) is 1. The number of halogens is 1. The highest BCUT2D eigenvalue weighted by Gasteiger charge is 2.12. The van der Waals surface area contributed by atoms with E-state index in [0.29, 0.717) is 5.92 Å². The summed E-state index contributed by atoms with van der Waals surface area (Å²) in [7, 11) is 1.89. The molecule has 0 radical (unpaired) electrons. The van der Waals surface area contributed by atoms with Crippen LogP contribution in [0.3, 0.4) is 0 Å². The number of anilines is 1. The molecule has 0 aliphatic rings. The molecule has 1 aromatic carbocycles. The Morgan fingerprint density at radius 2 is 2.00 bits per heavy atom. The van der Waals surface area contributed by atoms with Gasteiger partial charge in [0, 0.05) is 12.1 Å². The molecule has 0 bridgehead atoms. The molecule has 0 saturated heterocycles. The topological polar surface area (TPSA) is 21.3 Å². The maximum Gasteiger partial charge on any atom is 0.143 e. The van der Waals surface area contributed by atoms with Gasteiger partial charge in [-0.25, -0.2) is 0 Å². The van der Waals surface area contributed by atoms with Gasteiger partial charge in [0.15, 0.2) is 0 Å². The first-order chi connectivity index (χ1) is 7.47. The lowest BCUT2D eigenvalue weighted by Gasteiger charge is -2.17. The standard InChI is InChI=1S/C13H20ClNO/c1-8(2)7-16-11-6-9(3)12(14)10(4)13(11)15-5/h6,8,15H,7H2,1-5H3. The zero-order valence-corrected chi connectivity index (χ0v) is 11.4. The Bertz CT molecular complexity index is 375. The third-order valence-electron chi connectivity index (χ3n) is 2.47. The summed E-state index contributed by atoms with van der Waals surface area (Å²) in [5, 5.41) is 3.95. The second-order valence-electron chi connectivity index (χ2n) is 4.46. The predicted octanol–water partition coefficient (Wildman–Crippen LogP) is 4.03. The first-order valence-electron chi connectivity index (χ1n) is 5.57. The molecule has 16 heavy (non-hydrogen) atoms. The summed E-state index contributed by atoms with van der Waals surface area (Å²) in [4.78, 5) is 0. The van der Waals surface area contributed by atoms with Crippen molar-refractivity contribution < 1.29 is 4.74 Å². The molecule has 0 aliphatic heterocycles. The van der Waals surface area contributed by atoms with E-state index in [2.05, 4.69) is 19.2 Å². The van der Waals surface area contributed by atoms with E-state index < -0.39 is 0 Å². The van der Waals surface area contributed by atoms with E-state index in [1.54, 1.807) is 0 Å². The minimum atomic E-state index is 0.515. The Kier molecular flexibility index (Phi) is 4.48. The first kappa shape index (κ1) is 13.2. The van der Waals surface area contributed by atoms with Gasteiger partial charge in [0.1, 0.15) is 5.75 Å². The molecule has 1 rings (SSSR count). The summed E-state index contributed by atoms with van der Waals surface area (Å²) in [6.45, 7) is 8.99. The average Bonchev–Trinajstić information content (AvgIpc) is 2.23. The van der Waals surface area contributed by atoms with Gasteiger partial charge in [0.25, 0.3) is 0 Å². The first-order valence-corrected chi connectivity index (χ1v) is 5.95. The molecule has 0 atom stereocenters. The Morgan fingerprint density at radius 3 is 2.50 bits per heavy atom. The van der Waals surface area contributed by atoms with E-state index in [9.17, 15) is 0 Å². The third kappa shape index (κ3) is 2.82. The van der Waals surface area contributed by atoms with Gasteiger partial charge in [0.05, 0.1) is 12.3 Å². The van der Waals surface area contributed by atoms with Crippen molar-refractivity contribution in [1.29, 1.82) is 0 Å². The van der Waals surface area contributed by atoms with Crippen LogP contribution < -0.4 is 10.1 Å². The van der Waals surface area contributed by atoms with Gasteiger partial charge in [0.2, 0.25) is 0 Å². The smallest absolute Gasteiger partial charge is 0.143 e. The van der Waals surface area contributed by atoms with Crippen LogP contribution in [0.5, 0.6) is 5.75 Å². The number of rotatable bonds is 4. The zero-order valence-electron chi connectivity index (χ0n) is 10.6. The highest BCUT2D eigenvalue weighted by atomic mass is 35.5. The Balaban J connectivity index is 3.07. The summed E-state index contributed by atoms with van der Waals surface area (Å²) in [5.74, 6) is 1.40. The maximum absolute atomic E-state index is 6.20. The number of aryl methyl sites for hydroxylation is 1. The van der Waals surface area contributed by atoms with Crippen LogP contribution in [0, 0.1) is 19.8 Å². The fourth-order valence-electron chi connectivity index (χ4n) is 1.60. The second kappa shape index (κ2) is 5.44. The van der Waals surface area contributed by atoms with Crippen LogP contribution in [0.1, 0.15) is 25.0 Å². The summed E-state index contributed by atoms with van der Waals surface area (Å²) in [6.07, 6.45) is 0. The van der Waals surface area contributed by atoms with E-state index in [1.807, 2.05) is 27.0 Å². The molecule has 1 aromatic rings. The maximum atomic E-state index is 6.20. The van der Waals surface area contributed by atoms with Crippen LogP contribution in [0.4, 0.5) is 5.69 Å². The van der Waals surface area contributed by atoms with Crippen molar-refractivity contribution in [2.45, 2.75) is 27.7 Å². The van der Waals surface area contributed by atoms with Crippen LogP contribution in [-0.2, 0) is 0 Å². The molecule has 0 saturated carbocycles. The van der Waals surface area contributed by atoms with Crippen molar-refractivity contribution >= 4 is 17.3 Å². The Labute approximate surface area is 103 Å². The van der Waals surface area contributed by atoms with Crippen LogP contribution in [0.25, 0.3) is 0 Å². The van der Waals surface area contributed by atoms with Crippen molar-refractivity contribution in [2.24, 2.45) is 5.92 Å². The summed E-state index contributed by atoms with van der Waals surface area (Å²) < 4.78 is 5.78. The van der Waals surface area contributed by atoms with Crippen molar-refractivity contribution in [3.63, 3.8) is 0 Å². The van der Waals surface area contributed by atoms with E-state index in [0.717, 1.165) is 34.2 Å². The number of nitrogens with one attached hydrogen (secondary N) is 1. The SMILES string of the molecule is CNc1c(OCC(C)C)cc(C)c(Cl)c1C. The van der Waals surface area contributed by atoms with E-state index in [-0.39, 0.29) is 0 Å². The number of hydrogen-bond donors (Lipinski definition) is 1. The molecule has 0 amide bonds. The molecular formula is C13H20ClNO. The van der Waals surface area contributed by atoms with Crippen LogP contribution in [0.2, 0.25) is 5.02 Å².